The molecule has 0 saturated carbocycles. The summed E-state index contributed by atoms with van der Waals surface area (Å²) in [5, 5.41) is 19.1. The van der Waals surface area contributed by atoms with E-state index in [0.717, 1.165) is 18.8 Å². The molecule has 0 aliphatic carbocycles. The SMILES string of the molecule is C=CC(=O)Nc1cc(Nc2cc(Nc3ccc(O)c(Cl)c3)ncn2)c(OC)cc1N(C)CCN(C)C. The number of benzene rings is 2. The van der Waals surface area contributed by atoms with Crippen LogP contribution in [0.25, 0.3) is 0 Å². The number of anilines is 6. The van der Waals surface area contributed by atoms with Gasteiger partial charge in [-0.05, 0) is 44.4 Å². The highest BCUT2D eigenvalue weighted by Crippen LogP contribution is 2.38. The lowest BCUT2D eigenvalue weighted by Gasteiger charge is -2.26. The van der Waals surface area contributed by atoms with Crippen LogP contribution in [0.5, 0.6) is 11.5 Å². The molecule has 0 atom stereocenters. The molecule has 10 nitrogen and oxygen atoms in total. The summed E-state index contributed by atoms with van der Waals surface area (Å²) in [4.78, 5) is 24.8. The summed E-state index contributed by atoms with van der Waals surface area (Å²) in [7, 11) is 7.53. The number of carbonyl (C=O) groups excluding carboxylic acids is 1. The summed E-state index contributed by atoms with van der Waals surface area (Å²) in [5.74, 6) is 1.24. The fraction of sp³-hybridized carbons (Fsp3) is 0.240. The maximum Gasteiger partial charge on any atom is 0.247 e. The molecule has 0 fully saturated rings. The Morgan fingerprint density at radius 2 is 1.81 bits per heavy atom. The molecule has 0 bridgehead atoms. The van der Waals surface area contributed by atoms with Gasteiger partial charge in [-0.2, -0.15) is 0 Å². The maximum absolute atomic E-state index is 12.1. The van der Waals surface area contributed by atoms with Crippen molar-refractivity contribution in [3.05, 3.63) is 60.4 Å². The van der Waals surface area contributed by atoms with E-state index in [2.05, 4.69) is 37.4 Å². The Bertz CT molecular complexity index is 1240. The minimum absolute atomic E-state index is 0.00508. The lowest BCUT2D eigenvalue weighted by molar-refractivity contribution is -0.111. The van der Waals surface area contributed by atoms with Gasteiger partial charge in [0.1, 0.15) is 29.5 Å². The van der Waals surface area contributed by atoms with Crippen LogP contribution in [-0.2, 0) is 4.79 Å². The van der Waals surface area contributed by atoms with Crippen molar-refractivity contribution in [2.24, 2.45) is 0 Å². The number of methoxy groups -OCH3 is 1. The number of phenolic OH excluding ortho intramolecular Hbond substituents is 1. The molecule has 0 radical (unpaired) electrons. The van der Waals surface area contributed by atoms with E-state index < -0.39 is 0 Å². The van der Waals surface area contributed by atoms with E-state index in [9.17, 15) is 9.90 Å². The van der Waals surface area contributed by atoms with Crippen LogP contribution in [0, 0.1) is 0 Å². The number of likely N-dealkylation sites (N-methyl/N-ethyl adjacent to an activating group) is 2. The van der Waals surface area contributed by atoms with Gasteiger partial charge in [0, 0.05) is 38.0 Å². The molecule has 190 valence electrons. The van der Waals surface area contributed by atoms with Crippen LogP contribution < -0.4 is 25.6 Å². The predicted molar refractivity (Wildman–Crippen MR) is 145 cm³/mol. The van der Waals surface area contributed by atoms with Crippen LogP contribution in [0.3, 0.4) is 0 Å². The molecule has 0 saturated heterocycles. The Balaban J connectivity index is 1.91. The molecule has 0 unspecified atom stereocenters. The average molecular weight is 512 g/mol. The largest absolute Gasteiger partial charge is 0.506 e. The number of hydrogen-bond acceptors (Lipinski definition) is 9. The molecule has 2 aromatic carbocycles. The summed E-state index contributed by atoms with van der Waals surface area (Å²) in [5.41, 5.74) is 2.64. The highest BCUT2D eigenvalue weighted by molar-refractivity contribution is 6.32. The maximum atomic E-state index is 12.1. The lowest BCUT2D eigenvalue weighted by atomic mass is 10.2. The normalized spacial score (nSPS) is 10.6. The molecule has 1 aromatic heterocycles. The monoisotopic (exact) mass is 511 g/mol. The van der Waals surface area contributed by atoms with Crippen molar-refractivity contribution in [3.8, 4) is 11.5 Å². The highest BCUT2D eigenvalue weighted by Gasteiger charge is 2.16. The van der Waals surface area contributed by atoms with Gasteiger partial charge < -0.3 is 35.6 Å². The summed E-state index contributed by atoms with van der Waals surface area (Å²) in [6, 6.07) is 10.1. The topological polar surface area (TPSA) is 115 Å². The zero-order valence-corrected chi connectivity index (χ0v) is 21.4. The zero-order valence-electron chi connectivity index (χ0n) is 20.7. The number of halogens is 1. The van der Waals surface area contributed by atoms with Crippen LogP contribution in [0.2, 0.25) is 5.02 Å². The number of nitrogens with one attached hydrogen (secondary N) is 3. The number of carbonyl (C=O) groups is 1. The molecule has 1 amide bonds. The van der Waals surface area contributed by atoms with Crippen molar-refractivity contribution in [3.63, 3.8) is 0 Å². The summed E-state index contributed by atoms with van der Waals surface area (Å²) in [6.45, 7) is 5.12. The van der Waals surface area contributed by atoms with Crippen molar-refractivity contribution in [2.75, 3.05) is 62.2 Å². The summed E-state index contributed by atoms with van der Waals surface area (Å²) < 4.78 is 5.64. The van der Waals surface area contributed by atoms with Crippen LogP contribution in [0.4, 0.5) is 34.4 Å². The predicted octanol–water partition coefficient (Wildman–Crippen LogP) is 4.45. The van der Waals surface area contributed by atoms with Crippen molar-refractivity contribution >= 4 is 51.9 Å². The third kappa shape index (κ3) is 7.00. The molecular formula is C25H30ClN7O3. The average Bonchev–Trinajstić information content (AvgIpc) is 2.85. The molecule has 36 heavy (non-hydrogen) atoms. The van der Waals surface area contributed by atoms with Crippen LogP contribution in [0.1, 0.15) is 0 Å². The molecule has 0 spiro atoms. The third-order valence-corrected chi connectivity index (χ3v) is 5.51. The number of phenols is 1. The number of aromatic nitrogens is 2. The number of amides is 1. The van der Waals surface area contributed by atoms with Gasteiger partial charge in [-0.15, -0.1) is 0 Å². The second-order valence-electron chi connectivity index (χ2n) is 8.19. The Morgan fingerprint density at radius 1 is 1.08 bits per heavy atom. The minimum Gasteiger partial charge on any atom is -0.506 e. The van der Waals surface area contributed by atoms with Gasteiger partial charge in [0.05, 0.1) is 29.2 Å². The van der Waals surface area contributed by atoms with Gasteiger partial charge in [-0.25, -0.2) is 9.97 Å². The Hall–Kier alpha value is -4.02. The highest BCUT2D eigenvalue weighted by atomic mass is 35.5. The first kappa shape index (κ1) is 26.6. The third-order valence-electron chi connectivity index (χ3n) is 5.20. The van der Waals surface area contributed by atoms with E-state index in [4.69, 9.17) is 16.3 Å². The van der Waals surface area contributed by atoms with E-state index in [1.54, 1.807) is 31.4 Å². The van der Waals surface area contributed by atoms with E-state index in [0.29, 0.717) is 34.4 Å². The van der Waals surface area contributed by atoms with Crippen molar-refractivity contribution < 1.29 is 14.6 Å². The smallest absolute Gasteiger partial charge is 0.247 e. The van der Waals surface area contributed by atoms with Gasteiger partial charge in [0.2, 0.25) is 5.91 Å². The Kier molecular flexibility index (Phi) is 8.93. The Morgan fingerprint density at radius 3 is 2.44 bits per heavy atom. The molecule has 0 aliphatic heterocycles. The molecule has 0 aliphatic rings. The first-order valence-corrected chi connectivity index (χ1v) is 11.4. The molecule has 4 N–H and O–H groups in total. The van der Waals surface area contributed by atoms with E-state index >= 15 is 0 Å². The first-order valence-electron chi connectivity index (χ1n) is 11.1. The molecular weight excluding hydrogens is 482 g/mol. The van der Waals surface area contributed by atoms with E-state index in [-0.39, 0.29) is 16.7 Å². The summed E-state index contributed by atoms with van der Waals surface area (Å²) in [6.07, 6.45) is 2.63. The van der Waals surface area contributed by atoms with Crippen LogP contribution in [0.15, 0.2) is 55.4 Å². The number of aromatic hydroxyl groups is 1. The van der Waals surface area contributed by atoms with Gasteiger partial charge in [-0.3, -0.25) is 4.79 Å². The molecule has 3 aromatic rings. The quantitative estimate of drug-likeness (QED) is 0.219. The fourth-order valence-electron chi connectivity index (χ4n) is 3.27. The summed E-state index contributed by atoms with van der Waals surface area (Å²) >= 11 is 5.99. The van der Waals surface area contributed by atoms with Gasteiger partial charge >= 0.3 is 0 Å². The van der Waals surface area contributed by atoms with Crippen LogP contribution in [-0.4, -0.2) is 67.2 Å². The number of ether oxygens (including phenoxy) is 1. The van der Waals surface area contributed by atoms with Crippen molar-refractivity contribution in [1.29, 1.82) is 0 Å². The first-order chi connectivity index (χ1) is 17.2. The fourth-order valence-corrected chi connectivity index (χ4v) is 3.45. The van der Waals surface area contributed by atoms with Crippen molar-refractivity contribution in [1.82, 2.24) is 14.9 Å². The number of rotatable bonds is 11. The minimum atomic E-state index is -0.325. The molecule has 11 heteroatoms. The Labute approximate surface area is 215 Å². The van der Waals surface area contributed by atoms with Crippen LogP contribution >= 0.6 is 11.6 Å². The van der Waals surface area contributed by atoms with Gasteiger partial charge in [0.25, 0.3) is 0 Å². The second-order valence-corrected chi connectivity index (χ2v) is 8.60. The van der Waals surface area contributed by atoms with Gasteiger partial charge in [-0.1, -0.05) is 18.2 Å². The molecule has 3 rings (SSSR count). The van der Waals surface area contributed by atoms with E-state index in [1.807, 2.05) is 32.1 Å². The van der Waals surface area contributed by atoms with Crippen molar-refractivity contribution in [2.45, 2.75) is 0 Å². The standard InChI is InChI=1S/C25H30ClN7O3/c1-6-25(35)31-18-12-19(22(36-5)13-20(18)33(4)10-9-32(2)3)30-24-14-23(27-15-28-24)29-16-7-8-21(34)17(26)11-16/h6-8,11-15,34H,1,9-10H2,2-5H3,(H,31,35)(H2,27,28,29,30). The van der Waals surface area contributed by atoms with E-state index in [1.165, 1.54) is 18.5 Å². The number of nitrogens with zero attached hydrogens (tertiary/aromatic N) is 4. The lowest BCUT2D eigenvalue weighted by Crippen LogP contribution is -2.29. The zero-order chi connectivity index (χ0) is 26.2. The van der Waals surface area contributed by atoms with Gasteiger partial charge in [0.15, 0.2) is 0 Å². The number of hydrogen-bond donors (Lipinski definition) is 4. The second kappa shape index (κ2) is 12.1. The molecule has 1 heterocycles.